The van der Waals surface area contributed by atoms with Gasteiger partial charge in [-0.1, -0.05) is 0 Å². The minimum Gasteiger partial charge on any atom is -0.495 e. The number of Topliss-reactive ketones (excluding diaryl/α,β-unsaturated/α-hetero) is 1. The molecular weight excluding hydrogens is 293 g/mol. The van der Waals surface area contributed by atoms with Crippen molar-refractivity contribution < 1.29 is 9.53 Å². The Balaban J connectivity index is 3.49. The Morgan fingerprint density at radius 2 is 2.21 bits per heavy atom. The van der Waals surface area contributed by atoms with Gasteiger partial charge in [-0.15, -0.1) is 0 Å². The predicted molar refractivity (Wildman–Crippen MR) is 60.4 cm³/mol. The summed E-state index contributed by atoms with van der Waals surface area (Å²) < 4.78 is 5.91. The van der Waals surface area contributed by atoms with Crippen molar-refractivity contribution in [2.75, 3.05) is 7.11 Å². The van der Waals surface area contributed by atoms with E-state index in [0.29, 0.717) is 16.9 Å². The van der Waals surface area contributed by atoms with E-state index in [4.69, 9.17) is 10.00 Å². The molecule has 0 amide bonds. The molecule has 14 heavy (non-hydrogen) atoms. The van der Waals surface area contributed by atoms with Gasteiger partial charge in [0.2, 0.25) is 0 Å². The highest BCUT2D eigenvalue weighted by Gasteiger charge is 2.13. The van der Waals surface area contributed by atoms with Crippen molar-refractivity contribution in [2.45, 2.75) is 6.92 Å². The fourth-order valence-electron chi connectivity index (χ4n) is 1.14. The molecule has 1 rings (SSSR count). The first-order valence-electron chi connectivity index (χ1n) is 3.88. The van der Waals surface area contributed by atoms with Gasteiger partial charge >= 0.3 is 0 Å². The third-order valence-electron chi connectivity index (χ3n) is 1.78. The number of nitrogens with zero attached hydrogens (tertiary/aromatic N) is 1. The zero-order valence-electron chi connectivity index (χ0n) is 7.80. The number of hydrogen-bond donors (Lipinski definition) is 0. The van der Waals surface area contributed by atoms with Crippen LogP contribution in [0.25, 0.3) is 0 Å². The van der Waals surface area contributed by atoms with Crippen molar-refractivity contribution in [3.63, 3.8) is 0 Å². The molecule has 0 bridgehead atoms. The van der Waals surface area contributed by atoms with Crippen LogP contribution in [0.1, 0.15) is 22.8 Å². The fraction of sp³-hybridized carbons (Fsp3) is 0.200. The van der Waals surface area contributed by atoms with Gasteiger partial charge < -0.3 is 4.74 Å². The maximum atomic E-state index is 11.2. The summed E-state index contributed by atoms with van der Waals surface area (Å²) in [5, 5.41) is 8.89. The lowest BCUT2D eigenvalue weighted by atomic mass is 10.0. The van der Waals surface area contributed by atoms with Crippen LogP contribution in [0.3, 0.4) is 0 Å². The van der Waals surface area contributed by atoms with Gasteiger partial charge in [0.1, 0.15) is 17.4 Å². The van der Waals surface area contributed by atoms with Crippen LogP contribution in [0.5, 0.6) is 5.75 Å². The Morgan fingerprint density at radius 3 is 2.64 bits per heavy atom. The fourth-order valence-corrected chi connectivity index (χ4v) is 1.73. The number of methoxy groups -OCH3 is 1. The van der Waals surface area contributed by atoms with E-state index in [2.05, 4.69) is 22.6 Å². The highest BCUT2D eigenvalue weighted by atomic mass is 127. The van der Waals surface area contributed by atoms with Crippen LogP contribution in [0.15, 0.2) is 12.1 Å². The van der Waals surface area contributed by atoms with Gasteiger partial charge in [0, 0.05) is 9.13 Å². The smallest absolute Gasteiger partial charge is 0.161 e. The highest BCUT2D eigenvalue weighted by Crippen LogP contribution is 2.25. The summed E-state index contributed by atoms with van der Waals surface area (Å²) >= 11 is 2.08. The van der Waals surface area contributed by atoms with Crippen molar-refractivity contribution in [2.24, 2.45) is 0 Å². The second-order valence-corrected chi connectivity index (χ2v) is 3.94. The summed E-state index contributed by atoms with van der Waals surface area (Å²) in [6.07, 6.45) is 0. The third kappa shape index (κ3) is 2.04. The normalized spacial score (nSPS) is 9.29. The Kier molecular flexibility index (Phi) is 3.47. The maximum absolute atomic E-state index is 11.2. The zero-order chi connectivity index (χ0) is 10.7. The summed E-state index contributed by atoms with van der Waals surface area (Å²) in [6.45, 7) is 1.44. The summed E-state index contributed by atoms with van der Waals surface area (Å²) in [4.78, 5) is 11.2. The van der Waals surface area contributed by atoms with E-state index < -0.39 is 0 Å². The number of nitriles is 1. The summed E-state index contributed by atoms with van der Waals surface area (Å²) in [6, 6.07) is 5.39. The van der Waals surface area contributed by atoms with Gasteiger partial charge in [-0.05, 0) is 41.6 Å². The van der Waals surface area contributed by atoms with E-state index in [0.717, 1.165) is 3.57 Å². The van der Waals surface area contributed by atoms with Crippen LogP contribution in [-0.2, 0) is 0 Å². The van der Waals surface area contributed by atoms with E-state index in [9.17, 15) is 4.79 Å². The Bertz CT molecular complexity index is 421. The molecular formula is C10H8INO2. The largest absolute Gasteiger partial charge is 0.495 e. The average Bonchev–Trinajstić information content (AvgIpc) is 2.16. The monoisotopic (exact) mass is 301 g/mol. The number of ketones is 1. The molecule has 0 unspecified atom stereocenters. The summed E-state index contributed by atoms with van der Waals surface area (Å²) in [7, 11) is 1.48. The lowest BCUT2D eigenvalue weighted by Gasteiger charge is -2.06. The molecule has 0 N–H and O–H groups in total. The molecule has 0 aromatic heterocycles. The first-order chi connectivity index (χ1) is 6.60. The zero-order valence-corrected chi connectivity index (χ0v) is 9.95. The van der Waals surface area contributed by atoms with Crippen molar-refractivity contribution in [1.29, 1.82) is 5.26 Å². The Labute approximate surface area is 95.8 Å². The van der Waals surface area contributed by atoms with Crippen molar-refractivity contribution in [3.05, 3.63) is 26.8 Å². The minimum absolute atomic E-state index is 0.127. The van der Waals surface area contributed by atoms with E-state index in [1.54, 1.807) is 12.1 Å². The molecule has 0 spiro atoms. The van der Waals surface area contributed by atoms with Gasteiger partial charge in [-0.25, -0.2) is 0 Å². The van der Waals surface area contributed by atoms with Crippen LogP contribution in [0.2, 0.25) is 0 Å². The number of halogens is 1. The Hall–Kier alpha value is -1.09. The second-order valence-electron chi connectivity index (χ2n) is 2.70. The van der Waals surface area contributed by atoms with Crippen molar-refractivity contribution >= 4 is 28.4 Å². The number of carbonyl (C=O) groups is 1. The summed E-state index contributed by atoms with van der Waals surface area (Å²) in [5.74, 6) is 0.322. The van der Waals surface area contributed by atoms with Crippen LogP contribution < -0.4 is 4.74 Å². The molecule has 1 aromatic rings. The van der Waals surface area contributed by atoms with E-state index in [1.165, 1.54) is 14.0 Å². The molecule has 0 saturated heterocycles. The van der Waals surface area contributed by atoms with Gasteiger partial charge in [-0.2, -0.15) is 5.26 Å². The highest BCUT2D eigenvalue weighted by molar-refractivity contribution is 14.1. The quantitative estimate of drug-likeness (QED) is 0.622. The second kappa shape index (κ2) is 4.42. The van der Waals surface area contributed by atoms with E-state index in [1.807, 2.05) is 6.07 Å². The van der Waals surface area contributed by atoms with E-state index >= 15 is 0 Å². The van der Waals surface area contributed by atoms with E-state index in [-0.39, 0.29) is 5.78 Å². The Morgan fingerprint density at radius 1 is 1.57 bits per heavy atom. The number of rotatable bonds is 2. The average molecular weight is 301 g/mol. The lowest BCUT2D eigenvalue weighted by Crippen LogP contribution is -2.00. The number of ether oxygens (including phenoxy) is 1. The van der Waals surface area contributed by atoms with Gasteiger partial charge in [-0.3, -0.25) is 4.79 Å². The van der Waals surface area contributed by atoms with Gasteiger partial charge in [0.25, 0.3) is 0 Å². The molecule has 0 atom stereocenters. The predicted octanol–water partition coefficient (Wildman–Crippen LogP) is 2.37. The minimum atomic E-state index is -0.127. The molecule has 72 valence electrons. The third-order valence-corrected chi connectivity index (χ3v) is 2.40. The first-order valence-corrected chi connectivity index (χ1v) is 4.96. The summed E-state index contributed by atoms with van der Waals surface area (Å²) in [5.41, 5.74) is 0.719. The molecule has 0 aliphatic heterocycles. The molecule has 0 aliphatic rings. The molecule has 0 fully saturated rings. The van der Waals surface area contributed by atoms with Crippen LogP contribution in [0.4, 0.5) is 0 Å². The standard InChI is InChI=1S/C10H8INO2/c1-6(13)8-3-7(11)4-10(14-2)9(8)5-12/h3-4H,1-2H3. The van der Waals surface area contributed by atoms with Crippen LogP contribution in [-0.4, -0.2) is 12.9 Å². The van der Waals surface area contributed by atoms with Crippen LogP contribution >= 0.6 is 22.6 Å². The molecule has 0 radical (unpaired) electrons. The molecule has 0 heterocycles. The molecule has 1 aromatic carbocycles. The van der Waals surface area contributed by atoms with Gasteiger partial charge in [0.15, 0.2) is 5.78 Å². The van der Waals surface area contributed by atoms with Crippen molar-refractivity contribution in [1.82, 2.24) is 0 Å². The van der Waals surface area contributed by atoms with Crippen LogP contribution in [0, 0.1) is 14.9 Å². The topological polar surface area (TPSA) is 50.1 Å². The lowest BCUT2D eigenvalue weighted by molar-refractivity contribution is 0.101. The molecule has 0 aliphatic carbocycles. The number of benzene rings is 1. The molecule has 4 heteroatoms. The SMILES string of the molecule is COc1cc(I)cc(C(C)=O)c1C#N. The number of carbonyl (C=O) groups excluding carboxylic acids is 1. The van der Waals surface area contributed by atoms with Gasteiger partial charge in [0.05, 0.1) is 7.11 Å². The number of hydrogen-bond acceptors (Lipinski definition) is 3. The molecule has 0 saturated carbocycles. The first kappa shape index (κ1) is 11.0. The van der Waals surface area contributed by atoms with Crippen molar-refractivity contribution in [3.8, 4) is 11.8 Å². The molecule has 3 nitrogen and oxygen atoms in total. The maximum Gasteiger partial charge on any atom is 0.161 e.